The van der Waals surface area contributed by atoms with Crippen molar-refractivity contribution in [2.24, 2.45) is 10.2 Å². The number of benzene rings is 2. The summed E-state index contributed by atoms with van der Waals surface area (Å²) in [6, 6.07) is 12.0. The van der Waals surface area contributed by atoms with Crippen LogP contribution in [0.5, 0.6) is 5.75 Å². The molecule has 88 valence electrons. The van der Waals surface area contributed by atoms with Gasteiger partial charge < -0.3 is 5.11 Å². The van der Waals surface area contributed by atoms with E-state index in [1.807, 2.05) is 18.2 Å². The van der Waals surface area contributed by atoms with Gasteiger partial charge in [0.25, 0.3) is 0 Å². The number of H-pyrrole nitrogens is 1. The molecule has 0 unspecified atom stereocenters. The molecule has 2 aromatic carbocycles. The van der Waals surface area contributed by atoms with Crippen LogP contribution in [0.15, 0.2) is 52.7 Å². The van der Waals surface area contributed by atoms with Gasteiger partial charge in [-0.1, -0.05) is 6.07 Å². The number of rotatable bonds is 2. The monoisotopic (exact) mass is 239 g/mol. The molecule has 6 heteroatoms. The summed E-state index contributed by atoms with van der Waals surface area (Å²) in [7, 11) is 0. The average molecular weight is 239 g/mol. The maximum atomic E-state index is 9.16. The number of hydrogen-bond donors (Lipinski definition) is 2. The van der Waals surface area contributed by atoms with Crippen molar-refractivity contribution < 1.29 is 5.11 Å². The number of nitrogens with one attached hydrogen (secondary N) is 1. The standard InChI is InChI=1S/C12H9N5O/c18-9-6-4-8(5-7-9)13-14-10-2-1-3-11-12(10)16-17-15-11/h1-7,18H,(H,15,16,17). The Kier molecular flexibility index (Phi) is 2.45. The molecule has 6 nitrogen and oxygen atoms in total. The average Bonchev–Trinajstić information content (AvgIpc) is 2.87. The van der Waals surface area contributed by atoms with E-state index >= 15 is 0 Å². The molecule has 1 aromatic heterocycles. The van der Waals surface area contributed by atoms with Crippen LogP contribution in [0, 0.1) is 0 Å². The molecule has 0 aliphatic carbocycles. The molecule has 0 amide bonds. The van der Waals surface area contributed by atoms with Gasteiger partial charge in [-0.2, -0.15) is 20.5 Å². The molecule has 2 N–H and O–H groups in total. The van der Waals surface area contributed by atoms with Crippen molar-refractivity contribution in [2.75, 3.05) is 0 Å². The first-order valence-electron chi connectivity index (χ1n) is 5.33. The molecule has 0 saturated carbocycles. The zero-order chi connectivity index (χ0) is 12.4. The second kappa shape index (κ2) is 4.25. The van der Waals surface area contributed by atoms with Gasteiger partial charge in [0.1, 0.15) is 22.5 Å². The summed E-state index contributed by atoms with van der Waals surface area (Å²) in [5, 5.41) is 27.9. The molecular formula is C12H9N5O. The third-order valence-electron chi connectivity index (χ3n) is 2.45. The molecule has 0 bridgehead atoms. The quantitative estimate of drug-likeness (QED) is 0.673. The number of phenolic OH excluding ortho intramolecular Hbond substituents is 1. The Morgan fingerprint density at radius 3 is 2.61 bits per heavy atom. The Morgan fingerprint density at radius 2 is 1.78 bits per heavy atom. The molecule has 0 radical (unpaired) electrons. The highest BCUT2D eigenvalue weighted by Gasteiger charge is 2.02. The molecule has 3 aromatic rings. The molecule has 1 heterocycles. The number of nitrogens with zero attached hydrogens (tertiary/aromatic N) is 4. The van der Waals surface area contributed by atoms with Crippen LogP contribution in [-0.2, 0) is 0 Å². The van der Waals surface area contributed by atoms with Crippen LogP contribution < -0.4 is 0 Å². The zero-order valence-corrected chi connectivity index (χ0v) is 9.28. The largest absolute Gasteiger partial charge is 0.508 e. The van der Waals surface area contributed by atoms with Gasteiger partial charge in [0, 0.05) is 0 Å². The van der Waals surface area contributed by atoms with Crippen LogP contribution in [0.2, 0.25) is 0 Å². The van der Waals surface area contributed by atoms with Crippen LogP contribution in [0.1, 0.15) is 0 Å². The number of para-hydroxylation sites is 1. The summed E-state index contributed by atoms with van der Waals surface area (Å²) < 4.78 is 0. The van der Waals surface area contributed by atoms with Crippen LogP contribution in [0.4, 0.5) is 11.4 Å². The Balaban J connectivity index is 1.96. The van der Waals surface area contributed by atoms with Crippen molar-refractivity contribution in [1.29, 1.82) is 0 Å². The minimum Gasteiger partial charge on any atom is -0.508 e. The predicted molar refractivity (Wildman–Crippen MR) is 66.2 cm³/mol. The van der Waals surface area contributed by atoms with E-state index in [4.69, 9.17) is 5.11 Å². The molecule has 0 aliphatic rings. The first-order valence-corrected chi connectivity index (χ1v) is 5.33. The van der Waals surface area contributed by atoms with Crippen LogP contribution >= 0.6 is 0 Å². The van der Waals surface area contributed by atoms with Crippen molar-refractivity contribution in [3.63, 3.8) is 0 Å². The summed E-state index contributed by atoms with van der Waals surface area (Å²) in [6.07, 6.45) is 0. The van der Waals surface area contributed by atoms with Crippen molar-refractivity contribution >= 4 is 22.4 Å². The second-order valence-corrected chi connectivity index (χ2v) is 3.68. The maximum Gasteiger partial charge on any atom is 0.140 e. The first kappa shape index (κ1) is 10.4. The van der Waals surface area contributed by atoms with Crippen molar-refractivity contribution in [3.05, 3.63) is 42.5 Å². The summed E-state index contributed by atoms with van der Waals surface area (Å²) in [4.78, 5) is 0. The molecule has 0 atom stereocenters. The third-order valence-corrected chi connectivity index (χ3v) is 2.45. The van der Waals surface area contributed by atoms with E-state index in [0.717, 1.165) is 5.52 Å². The van der Waals surface area contributed by atoms with E-state index in [1.165, 1.54) is 0 Å². The molecule has 18 heavy (non-hydrogen) atoms. The summed E-state index contributed by atoms with van der Waals surface area (Å²) in [5.74, 6) is 0.201. The summed E-state index contributed by atoms with van der Waals surface area (Å²) >= 11 is 0. The fraction of sp³-hybridized carbons (Fsp3) is 0. The fourth-order valence-corrected chi connectivity index (χ4v) is 1.56. The van der Waals surface area contributed by atoms with E-state index in [2.05, 4.69) is 25.6 Å². The Hall–Kier alpha value is -2.76. The molecular weight excluding hydrogens is 230 g/mol. The van der Waals surface area contributed by atoms with Gasteiger partial charge >= 0.3 is 0 Å². The minimum atomic E-state index is 0.201. The number of fused-ring (bicyclic) bond motifs is 1. The van der Waals surface area contributed by atoms with E-state index in [0.29, 0.717) is 16.9 Å². The second-order valence-electron chi connectivity index (χ2n) is 3.68. The molecule has 3 rings (SSSR count). The minimum absolute atomic E-state index is 0.201. The van der Waals surface area contributed by atoms with E-state index in [-0.39, 0.29) is 5.75 Å². The number of hydrogen-bond acceptors (Lipinski definition) is 5. The van der Waals surface area contributed by atoms with Crippen molar-refractivity contribution in [2.45, 2.75) is 0 Å². The lowest BCUT2D eigenvalue weighted by atomic mass is 10.3. The van der Waals surface area contributed by atoms with Crippen LogP contribution in [-0.4, -0.2) is 20.5 Å². The zero-order valence-electron chi connectivity index (χ0n) is 9.28. The molecule has 0 spiro atoms. The smallest absolute Gasteiger partial charge is 0.140 e. The summed E-state index contributed by atoms with van der Waals surface area (Å²) in [5.41, 5.74) is 2.74. The Bertz CT molecular complexity index is 702. The van der Waals surface area contributed by atoms with Gasteiger partial charge in [0.15, 0.2) is 0 Å². The lowest BCUT2D eigenvalue weighted by molar-refractivity contribution is 0.475. The lowest BCUT2D eigenvalue weighted by Crippen LogP contribution is -1.70. The van der Waals surface area contributed by atoms with E-state index in [1.54, 1.807) is 24.3 Å². The van der Waals surface area contributed by atoms with Gasteiger partial charge in [0.2, 0.25) is 0 Å². The lowest BCUT2D eigenvalue weighted by Gasteiger charge is -1.94. The summed E-state index contributed by atoms with van der Waals surface area (Å²) in [6.45, 7) is 0. The topological polar surface area (TPSA) is 86.5 Å². The highest BCUT2D eigenvalue weighted by Crippen LogP contribution is 2.25. The molecule has 0 saturated heterocycles. The van der Waals surface area contributed by atoms with Crippen LogP contribution in [0.3, 0.4) is 0 Å². The number of aromatic hydroxyl groups is 1. The Labute approximate surface area is 102 Å². The highest BCUT2D eigenvalue weighted by molar-refractivity contribution is 5.85. The third kappa shape index (κ3) is 1.91. The van der Waals surface area contributed by atoms with Gasteiger partial charge in [-0.05, 0) is 36.4 Å². The fourth-order valence-electron chi connectivity index (χ4n) is 1.56. The molecule has 0 fully saturated rings. The van der Waals surface area contributed by atoms with Gasteiger partial charge in [-0.3, -0.25) is 0 Å². The van der Waals surface area contributed by atoms with Gasteiger partial charge in [0.05, 0.1) is 5.69 Å². The number of azo groups is 1. The van der Waals surface area contributed by atoms with Crippen molar-refractivity contribution in [1.82, 2.24) is 15.4 Å². The van der Waals surface area contributed by atoms with E-state index in [9.17, 15) is 0 Å². The first-order chi connectivity index (χ1) is 8.83. The van der Waals surface area contributed by atoms with E-state index < -0.39 is 0 Å². The van der Waals surface area contributed by atoms with Gasteiger partial charge in [-0.15, -0.1) is 5.11 Å². The normalized spacial score (nSPS) is 11.3. The number of phenols is 1. The Morgan fingerprint density at radius 1 is 0.944 bits per heavy atom. The predicted octanol–water partition coefficient (Wildman–Crippen LogP) is 3.08. The SMILES string of the molecule is Oc1ccc(N=Nc2cccc3n[nH]nc23)cc1. The maximum absolute atomic E-state index is 9.16. The van der Waals surface area contributed by atoms with Crippen molar-refractivity contribution in [3.8, 4) is 5.75 Å². The number of aromatic nitrogens is 3. The number of aromatic amines is 1. The molecule has 0 aliphatic heterocycles. The highest BCUT2D eigenvalue weighted by atomic mass is 16.3. The van der Waals surface area contributed by atoms with Gasteiger partial charge in [-0.25, -0.2) is 0 Å². The van der Waals surface area contributed by atoms with Crippen LogP contribution in [0.25, 0.3) is 11.0 Å².